The van der Waals surface area contributed by atoms with Gasteiger partial charge in [0.05, 0.1) is 17.7 Å². The first-order valence-corrected chi connectivity index (χ1v) is 6.07. The van der Waals surface area contributed by atoms with Crippen molar-refractivity contribution in [3.05, 3.63) is 16.6 Å². The van der Waals surface area contributed by atoms with Crippen LogP contribution in [0.25, 0.3) is 0 Å². The summed E-state index contributed by atoms with van der Waals surface area (Å²) in [6.45, 7) is 2.22. The minimum absolute atomic E-state index is 0.281. The van der Waals surface area contributed by atoms with E-state index in [1.165, 1.54) is 21.1 Å². The first kappa shape index (κ1) is 13.4. The summed E-state index contributed by atoms with van der Waals surface area (Å²) in [7, 11) is 1.63. The lowest BCUT2D eigenvalue weighted by molar-refractivity contribution is -0.137. The number of thiazole rings is 1. The molecule has 0 atom stereocenters. The average molecular weight is 257 g/mol. The summed E-state index contributed by atoms with van der Waals surface area (Å²) < 4.78 is 0. The van der Waals surface area contributed by atoms with E-state index in [0.717, 1.165) is 5.69 Å². The molecule has 0 saturated heterocycles. The van der Waals surface area contributed by atoms with E-state index in [2.05, 4.69) is 4.98 Å². The van der Waals surface area contributed by atoms with Crippen LogP contribution in [0.2, 0.25) is 0 Å². The predicted molar refractivity (Wildman–Crippen MR) is 63.9 cm³/mol. The molecule has 7 heteroatoms. The number of carbonyl (C=O) groups excluding carboxylic acids is 1. The number of carboxylic acids is 1. The van der Waals surface area contributed by atoms with Gasteiger partial charge in [0.15, 0.2) is 0 Å². The Morgan fingerprint density at radius 2 is 2.24 bits per heavy atom. The SMILES string of the molecule is CCN(CC(=O)O)C(=O)N(C)Cc1cscn1. The lowest BCUT2D eigenvalue weighted by Crippen LogP contribution is -2.43. The van der Waals surface area contributed by atoms with Crippen LogP contribution in [0.5, 0.6) is 0 Å². The Kier molecular flexibility index (Phi) is 4.89. The summed E-state index contributed by atoms with van der Waals surface area (Å²) >= 11 is 1.46. The van der Waals surface area contributed by atoms with Crippen molar-refractivity contribution in [3.8, 4) is 0 Å². The van der Waals surface area contributed by atoms with E-state index in [1.54, 1.807) is 19.5 Å². The van der Waals surface area contributed by atoms with E-state index < -0.39 is 5.97 Å². The molecule has 94 valence electrons. The number of nitrogens with zero attached hydrogens (tertiary/aromatic N) is 3. The van der Waals surface area contributed by atoms with E-state index in [-0.39, 0.29) is 12.6 Å². The molecule has 17 heavy (non-hydrogen) atoms. The maximum absolute atomic E-state index is 11.9. The summed E-state index contributed by atoms with van der Waals surface area (Å²) in [5.74, 6) is -1.01. The van der Waals surface area contributed by atoms with Gasteiger partial charge < -0.3 is 14.9 Å². The van der Waals surface area contributed by atoms with Crippen molar-refractivity contribution >= 4 is 23.3 Å². The summed E-state index contributed by atoms with van der Waals surface area (Å²) in [6.07, 6.45) is 0. The molecular weight excluding hydrogens is 242 g/mol. The minimum atomic E-state index is -1.01. The monoisotopic (exact) mass is 257 g/mol. The van der Waals surface area contributed by atoms with Crippen molar-refractivity contribution < 1.29 is 14.7 Å². The van der Waals surface area contributed by atoms with Crippen LogP contribution in [0, 0.1) is 0 Å². The standard InChI is InChI=1S/C10H15N3O3S/c1-3-13(5-9(14)15)10(16)12(2)4-8-6-17-7-11-8/h6-7H,3-5H2,1-2H3,(H,14,15). The molecule has 0 unspecified atom stereocenters. The minimum Gasteiger partial charge on any atom is -0.480 e. The molecule has 0 saturated carbocycles. The molecule has 2 amide bonds. The van der Waals surface area contributed by atoms with Gasteiger partial charge in [0.25, 0.3) is 0 Å². The number of rotatable bonds is 5. The number of likely N-dealkylation sites (N-methyl/N-ethyl adjacent to an activating group) is 1. The van der Waals surface area contributed by atoms with Crippen molar-refractivity contribution in [2.24, 2.45) is 0 Å². The predicted octanol–water partition coefficient (Wildman–Crippen LogP) is 1.10. The lowest BCUT2D eigenvalue weighted by atomic mass is 10.4. The van der Waals surface area contributed by atoms with Gasteiger partial charge in [-0.2, -0.15) is 0 Å². The Bertz CT molecular complexity index is 380. The van der Waals surface area contributed by atoms with E-state index in [4.69, 9.17) is 5.11 Å². The molecule has 0 aliphatic rings. The highest BCUT2D eigenvalue weighted by Gasteiger charge is 2.19. The fourth-order valence-electron chi connectivity index (χ4n) is 1.35. The maximum atomic E-state index is 11.9. The van der Waals surface area contributed by atoms with Crippen LogP contribution in [0.3, 0.4) is 0 Å². The van der Waals surface area contributed by atoms with Gasteiger partial charge in [0.1, 0.15) is 6.54 Å². The van der Waals surface area contributed by atoms with Crippen molar-refractivity contribution in [1.29, 1.82) is 0 Å². The van der Waals surface area contributed by atoms with Crippen LogP contribution < -0.4 is 0 Å². The van der Waals surface area contributed by atoms with E-state index in [1.807, 2.05) is 5.38 Å². The second kappa shape index (κ2) is 6.19. The first-order valence-electron chi connectivity index (χ1n) is 5.13. The van der Waals surface area contributed by atoms with Gasteiger partial charge in [-0.25, -0.2) is 9.78 Å². The largest absolute Gasteiger partial charge is 0.480 e. The highest BCUT2D eigenvalue weighted by atomic mass is 32.1. The molecule has 6 nitrogen and oxygen atoms in total. The third-order valence-corrected chi connectivity index (χ3v) is 2.82. The van der Waals surface area contributed by atoms with Gasteiger partial charge in [-0.1, -0.05) is 0 Å². The van der Waals surface area contributed by atoms with Crippen LogP contribution in [0.4, 0.5) is 4.79 Å². The highest BCUT2D eigenvalue weighted by Crippen LogP contribution is 2.06. The van der Waals surface area contributed by atoms with Crippen LogP contribution >= 0.6 is 11.3 Å². The van der Waals surface area contributed by atoms with Crippen LogP contribution in [0.15, 0.2) is 10.9 Å². The molecular formula is C10H15N3O3S. The molecule has 1 heterocycles. The molecule has 0 radical (unpaired) electrons. The maximum Gasteiger partial charge on any atom is 0.323 e. The first-order chi connectivity index (χ1) is 8.04. The van der Waals surface area contributed by atoms with Crippen molar-refractivity contribution in [1.82, 2.24) is 14.8 Å². The van der Waals surface area contributed by atoms with E-state index in [9.17, 15) is 9.59 Å². The Morgan fingerprint density at radius 3 is 2.71 bits per heavy atom. The number of hydrogen-bond donors (Lipinski definition) is 1. The zero-order chi connectivity index (χ0) is 12.8. The molecule has 1 aromatic rings. The second-order valence-corrected chi connectivity index (χ2v) is 4.25. The molecule has 1 aromatic heterocycles. The number of carboxylic acid groups (broad SMARTS) is 1. The smallest absolute Gasteiger partial charge is 0.323 e. The van der Waals surface area contributed by atoms with Crippen molar-refractivity contribution in [3.63, 3.8) is 0 Å². The van der Waals surface area contributed by atoms with Gasteiger partial charge in [-0.15, -0.1) is 11.3 Å². The molecule has 0 spiro atoms. The Balaban J connectivity index is 2.57. The lowest BCUT2D eigenvalue weighted by Gasteiger charge is -2.25. The van der Waals surface area contributed by atoms with Crippen LogP contribution in [0.1, 0.15) is 12.6 Å². The number of urea groups is 1. The van der Waals surface area contributed by atoms with Gasteiger partial charge in [-0.3, -0.25) is 4.79 Å². The van der Waals surface area contributed by atoms with Gasteiger partial charge in [-0.05, 0) is 6.92 Å². The summed E-state index contributed by atoms with van der Waals surface area (Å²) in [4.78, 5) is 29.3. The van der Waals surface area contributed by atoms with E-state index in [0.29, 0.717) is 13.1 Å². The van der Waals surface area contributed by atoms with Crippen LogP contribution in [-0.4, -0.2) is 52.0 Å². The number of carbonyl (C=O) groups is 2. The third-order valence-electron chi connectivity index (χ3n) is 2.19. The molecule has 0 fully saturated rings. The Morgan fingerprint density at radius 1 is 1.53 bits per heavy atom. The molecule has 0 bridgehead atoms. The number of aromatic nitrogens is 1. The second-order valence-electron chi connectivity index (χ2n) is 3.53. The van der Waals surface area contributed by atoms with Crippen LogP contribution in [-0.2, 0) is 11.3 Å². The Labute approximate surface area is 103 Å². The topological polar surface area (TPSA) is 73.7 Å². The van der Waals surface area contributed by atoms with E-state index >= 15 is 0 Å². The zero-order valence-corrected chi connectivity index (χ0v) is 10.6. The molecule has 0 aliphatic heterocycles. The van der Waals surface area contributed by atoms with Crippen molar-refractivity contribution in [2.75, 3.05) is 20.1 Å². The van der Waals surface area contributed by atoms with Gasteiger partial charge >= 0.3 is 12.0 Å². The number of amides is 2. The molecule has 0 aromatic carbocycles. The highest BCUT2D eigenvalue weighted by molar-refractivity contribution is 7.07. The summed E-state index contributed by atoms with van der Waals surface area (Å²) in [5.41, 5.74) is 2.50. The molecule has 1 N–H and O–H groups in total. The molecule has 0 aliphatic carbocycles. The fraction of sp³-hybridized carbons (Fsp3) is 0.500. The van der Waals surface area contributed by atoms with Crippen molar-refractivity contribution in [2.45, 2.75) is 13.5 Å². The summed E-state index contributed by atoms with van der Waals surface area (Å²) in [5, 5.41) is 10.5. The molecule has 1 rings (SSSR count). The summed E-state index contributed by atoms with van der Waals surface area (Å²) in [6, 6.07) is -0.303. The van der Waals surface area contributed by atoms with Gasteiger partial charge in [0.2, 0.25) is 0 Å². The quantitative estimate of drug-likeness (QED) is 0.857. The average Bonchev–Trinajstić information content (AvgIpc) is 2.77. The number of hydrogen-bond acceptors (Lipinski definition) is 4. The zero-order valence-electron chi connectivity index (χ0n) is 9.79. The normalized spacial score (nSPS) is 10.0. The fourth-order valence-corrected chi connectivity index (χ4v) is 1.90. The third kappa shape index (κ3) is 4.03. The number of aliphatic carboxylic acids is 1. The van der Waals surface area contributed by atoms with Gasteiger partial charge in [0, 0.05) is 19.0 Å². The Hall–Kier alpha value is -1.63.